The van der Waals surface area contributed by atoms with Crippen molar-refractivity contribution in [3.05, 3.63) is 29.3 Å². The van der Waals surface area contributed by atoms with Crippen LogP contribution in [0.1, 0.15) is 28.8 Å². The third-order valence-corrected chi connectivity index (χ3v) is 3.22. The first kappa shape index (κ1) is 11.9. The number of aromatic hydroxyl groups is 1. The molecule has 0 saturated carbocycles. The molecule has 0 aliphatic carbocycles. The van der Waals surface area contributed by atoms with Gasteiger partial charge in [0.1, 0.15) is 5.75 Å². The van der Waals surface area contributed by atoms with E-state index in [0.717, 1.165) is 25.9 Å². The molecule has 2 rings (SSSR count). The minimum absolute atomic E-state index is 0.0923. The summed E-state index contributed by atoms with van der Waals surface area (Å²) in [4.78, 5) is 12.0. The minimum Gasteiger partial charge on any atom is -0.508 e. The molecule has 0 spiro atoms. The van der Waals surface area contributed by atoms with Crippen LogP contribution >= 0.6 is 0 Å². The molecule has 4 heteroatoms. The van der Waals surface area contributed by atoms with Crippen LogP contribution in [0.5, 0.6) is 5.75 Å². The number of rotatable bonds is 2. The van der Waals surface area contributed by atoms with E-state index in [1.54, 1.807) is 25.1 Å². The van der Waals surface area contributed by atoms with E-state index in [9.17, 15) is 9.90 Å². The molecule has 1 aliphatic rings. The third kappa shape index (κ3) is 2.77. The van der Waals surface area contributed by atoms with Crippen LogP contribution in [0.3, 0.4) is 0 Å². The summed E-state index contributed by atoms with van der Waals surface area (Å²) in [5.74, 6) is 0.0771. The third-order valence-electron chi connectivity index (χ3n) is 3.22. The number of phenols is 1. The molecule has 0 bridgehead atoms. The highest BCUT2D eigenvalue weighted by atomic mass is 16.3. The van der Waals surface area contributed by atoms with Gasteiger partial charge in [0.05, 0.1) is 0 Å². The Balaban J connectivity index is 2.06. The summed E-state index contributed by atoms with van der Waals surface area (Å²) in [6.07, 6.45) is 1.92. The van der Waals surface area contributed by atoms with Crippen molar-refractivity contribution in [1.29, 1.82) is 0 Å². The average molecular weight is 234 g/mol. The molecule has 4 nitrogen and oxygen atoms in total. The van der Waals surface area contributed by atoms with E-state index in [1.165, 1.54) is 0 Å². The molecule has 1 amide bonds. The zero-order valence-electron chi connectivity index (χ0n) is 9.99. The average Bonchev–Trinajstić information content (AvgIpc) is 2.34. The Labute approximate surface area is 101 Å². The van der Waals surface area contributed by atoms with E-state index < -0.39 is 0 Å². The summed E-state index contributed by atoms with van der Waals surface area (Å²) >= 11 is 0. The van der Waals surface area contributed by atoms with Crippen LogP contribution in [0.2, 0.25) is 0 Å². The normalized spacial score (nSPS) is 16.8. The summed E-state index contributed by atoms with van der Waals surface area (Å²) in [6, 6.07) is 5.27. The van der Waals surface area contributed by atoms with Crippen molar-refractivity contribution in [2.75, 3.05) is 13.1 Å². The molecule has 1 heterocycles. The molecule has 92 valence electrons. The van der Waals surface area contributed by atoms with Gasteiger partial charge in [-0.3, -0.25) is 4.79 Å². The van der Waals surface area contributed by atoms with Crippen LogP contribution in [-0.2, 0) is 0 Å². The van der Waals surface area contributed by atoms with E-state index in [2.05, 4.69) is 10.6 Å². The molecule has 1 aliphatic heterocycles. The molecule has 1 fully saturated rings. The van der Waals surface area contributed by atoms with Crippen LogP contribution in [0.4, 0.5) is 0 Å². The lowest BCUT2D eigenvalue weighted by Gasteiger charge is -2.24. The topological polar surface area (TPSA) is 61.4 Å². The molecule has 17 heavy (non-hydrogen) atoms. The SMILES string of the molecule is Cc1c(O)cccc1C(=O)NC1CCNCC1. The Hall–Kier alpha value is -1.55. The Morgan fingerprint density at radius 2 is 2.12 bits per heavy atom. The van der Waals surface area contributed by atoms with Gasteiger partial charge in [0.25, 0.3) is 5.91 Å². The van der Waals surface area contributed by atoms with Gasteiger partial charge in [0.2, 0.25) is 0 Å². The van der Waals surface area contributed by atoms with E-state index in [1.807, 2.05) is 0 Å². The van der Waals surface area contributed by atoms with Crippen molar-refractivity contribution < 1.29 is 9.90 Å². The molecule has 0 radical (unpaired) electrons. The largest absolute Gasteiger partial charge is 0.508 e. The number of piperidine rings is 1. The molecule has 0 unspecified atom stereocenters. The highest BCUT2D eigenvalue weighted by Gasteiger charge is 2.18. The lowest BCUT2D eigenvalue weighted by atomic mass is 10.0. The summed E-state index contributed by atoms with van der Waals surface area (Å²) in [6.45, 7) is 3.65. The molecule has 1 saturated heterocycles. The van der Waals surface area contributed by atoms with Gasteiger partial charge >= 0.3 is 0 Å². The van der Waals surface area contributed by atoms with Gasteiger partial charge in [0.15, 0.2) is 0 Å². The summed E-state index contributed by atoms with van der Waals surface area (Å²) in [5.41, 5.74) is 1.20. The van der Waals surface area contributed by atoms with Gasteiger partial charge in [-0.25, -0.2) is 0 Å². The van der Waals surface area contributed by atoms with Crippen LogP contribution < -0.4 is 10.6 Å². The summed E-state index contributed by atoms with van der Waals surface area (Å²) in [5, 5.41) is 15.8. The number of nitrogens with one attached hydrogen (secondary N) is 2. The molecule has 0 atom stereocenters. The first-order valence-corrected chi connectivity index (χ1v) is 5.98. The smallest absolute Gasteiger partial charge is 0.251 e. The fourth-order valence-corrected chi connectivity index (χ4v) is 2.10. The molecular formula is C13H18N2O2. The fraction of sp³-hybridized carbons (Fsp3) is 0.462. The van der Waals surface area contributed by atoms with Crippen molar-refractivity contribution in [3.8, 4) is 5.75 Å². The van der Waals surface area contributed by atoms with Crippen molar-refractivity contribution in [2.45, 2.75) is 25.8 Å². The molecule has 3 N–H and O–H groups in total. The Morgan fingerprint density at radius 3 is 2.82 bits per heavy atom. The van der Waals surface area contributed by atoms with Gasteiger partial charge in [-0.15, -0.1) is 0 Å². The zero-order valence-corrected chi connectivity index (χ0v) is 9.99. The van der Waals surface area contributed by atoms with Crippen molar-refractivity contribution >= 4 is 5.91 Å². The monoisotopic (exact) mass is 234 g/mol. The maximum absolute atomic E-state index is 12.0. The van der Waals surface area contributed by atoms with Gasteiger partial charge in [-0.05, 0) is 45.0 Å². The predicted octanol–water partition coefficient (Wildman–Crippen LogP) is 1.18. The highest BCUT2D eigenvalue weighted by Crippen LogP contribution is 2.19. The summed E-state index contributed by atoms with van der Waals surface area (Å²) in [7, 11) is 0. The number of carbonyl (C=O) groups excluding carboxylic acids is 1. The second-order valence-corrected chi connectivity index (χ2v) is 4.45. The lowest BCUT2D eigenvalue weighted by Crippen LogP contribution is -2.42. The van der Waals surface area contributed by atoms with Gasteiger partial charge in [-0.2, -0.15) is 0 Å². The Bertz CT molecular complexity index is 412. The van der Waals surface area contributed by atoms with Crippen LogP contribution in [0.25, 0.3) is 0 Å². The maximum atomic E-state index is 12.0. The zero-order chi connectivity index (χ0) is 12.3. The number of hydrogen-bond acceptors (Lipinski definition) is 3. The quantitative estimate of drug-likeness (QED) is 0.720. The summed E-state index contributed by atoms with van der Waals surface area (Å²) < 4.78 is 0. The predicted molar refractivity (Wildman–Crippen MR) is 66.2 cm³/mol. The van der Waals surface area contributed by atoms with Crippen LogP contribution in [-0.4, -0.2) is 30.1 Å². The molecule has 1 aromatic carbocycles. The highest BCUT2D eigenvalue weighted by molar-refractivity contribution is 5.96. The van der Waals surface area contributed by atoms with E-state index in [4.69, 9.17) is 0 Å². The van der Waals surface area contributed by atoms with Gasteiger partial charge in [-0.1, -0.05) is 6.07 Å². The number of amides is 1. The fourth-order valence-electron chi connectivity index (χ4n) is 2.10. The van der Waals surface area contributed by atoms with Crippen LogP contribution in [0, 0.1) is 6.92 Å². The first-order chi connectivity index (χ1) is 8.18. The van der Waals surface area contributed by atoms with Crippen LogP contribution in [0.15, 0.2) is 18.2 Å². The van der Waals surface area contributed by atoms with Gasteiger partial charge in [0, 0.05) is 17.2 Å². The number of phenolic OH excluding ortho intramolecular Hbond substituents is 1. The van der Waals surface area contributed by atoms with Crippen molar-refractivity contribution in [3.63, 3.8) is 0 Å². The van der Waals surface area contributed by atoms with Gasteiger partial charge < -0.3 is 15.7 Å². The number of benzene rings is 1. The van der Waals surface area contributed by atoms with E-state index >= 15 is 0 Å². The number of carbonyl (C=O) groups is 1. The van der Waals surface area contributed by atoms with E-state index in [-0.39, 0.29) is 17.7 Å². The number of hydrogen-bond donors (Lipinski definition) is 3. The van der Waals surface area contributed by atoms with Crippen molar-refractivity contribution in [2.24, 2.45) is 0 Å². The Kier molecular flexibility index (Phi) is 3.64. The van der Waals surface area contributed by atoms with Crippen molar-refractivity contribution in [1.82, 2.24) is 10.6 Å². The minimum atomic E-state index is -0.0923. The van der Waals surface area contributed by atoms with E-state index in [0.29, 0.717) is 11.1 Å². The molecular weight excluding hydrogens is 216 g/mol. The second-order valence-electron chi connectivity index (χ2n) is 4.45. The standard InChI is InChI=1S/C13H18N2O2/c1-9-11(3-2-4-12(9)16)13(17)15-10-5-7-14-8-6-10/h2-4,10,14,16H,5-8H2,1H3,(H,15,17). The molecule has 1 aromatic rings. The first-order valence-electron chi connectivity index (χ1n) is 5.98. The molecule has 0 aromatic heterocycles. The second kappa shape index (κ2) is 5.19. The Morgan fingerprint density at radius 1 is 1.41 bits per heavy atom. The maximum Gasteiger partial charge on any atom is 0.251 e. The lowest BCUT2D eigenvalue weighted by molar-refractivity contribution is 0.0928.